The fraction of sp³-hybridized carbons (Fsp3) is 0.684. The maximum Gasteiger partial charge on any atom is 0.0473 e. The van der Waals surface area contributed by atoms with Gasteiger partial charge in [-0.05, 0) is 36.8 Å². The zero-order valence-electron chi connectivity index (χ0n) is 13.6. The third kappa shape index (κ3) is 4.31. The molecule has 3 rings (SSSR count). The van der Waals surface area contributed by atoms with Crippen molar-refractivity contribution in [1.29, 1.82) is 0 Å². The van der Waals surface area contributed by atoms with E-state index in [1.165, 1.54) is 44.3 Å². The van der Waals surface area contributed by atoms with Gasteiger partial charge in [-0.2, -0.15) is 0 Å². The number of hydrogen-bond acceptors (Lipinski definition) is 2. The van der Waals surface area contributed by atoms with E-state index in [9.17, 15) is 0 Å². The molecule has 2 heteroatoms. The molecule has 2 atom stereocenters. The largest absolute Gasteiger partial charge is 0.311 e. The van der Waals surface area contributed by atoms with Crippen LogP contribution in [-0.2, 0) is 0 Å². The van der Waals surface area contributed by atoms with Gasteiger partial charge in [-0.3, -0.25) is 4.90 Å². The highest BCUT2D eigenvalue weighted by Gasteiger charge is 2.30. The van der Waals surface area contributed by atoms with Crippen molar-refractivity contribution in [2.75, 3.05) is 19.6 Å². The second-order valence-corrected chi connectivity index (χ2v) is 7.39. The Labute approximate surface area is 129 Å². The lowest BCUT2D eigenvalue weighted by Crippen LogP contribution is -2.52. The lowest BCUT2D eigenvalue weighted by Gasteiger charge is -2.41. The molecule has 1 aromatic carbocycles. The summed E-state index contributed by atoms with van der Waals surface area (Å²) in [6.07, 6.45) is 5.63. The summed E-state index contributed by atoms with van der Waals surface area (Å²) in [5.41, 5.74) is 1.48. The second-order valence-electron chi connectivity index (χ2n) is 7.39. The van der Waals surface area contributed by atoms with Crippen molar-refractivity contribution in [2.24, 2.45) is 11.8 Å². The molecule has 2 aliphatic rings. The van der Waals surface area contributed by atoms with Crippen LogP contribution in [0.1, 0.15) is 51.1 Å². The van der Waals surface area contributed by atoms with Gasteiger partial charge in [-0.25, -0.2) is 0 Å². The Morgan fingerprint density at radius 1 is 1.19 bits per heavy atom. The van der Waals surface area contributed by atoms with Crippen LogP contribution in [0.25, 0.3) is 0 Å². The van der Waals surface area contributed by atoms with E-state index in [1.807, 2.05) is 0 Å². The van der Waals surface area contributed by atoms with Crippen LogP contribution in [0, 0.1) is 11.8 Å². The van der Waals surface area contributed by atoms with Crippen molar-refractivity contribution in [2.45, 2.75) is 51.6 Å². The Morgan fingerprint density at radius 2 is 1.95 bits per heavy atom. The molecule has 0 spiro atoms. The lowest BCUT2D eigenvalue weighted by molar-refractivity contribution is 0.118. The van der Waals surface area contributed by atoms with Crippen molar-refractivity contribution >= 4 is 0 Å². The lowest BCUT2D eigenvalue weighted by atomic mass is 9.96. The summed E-state index contributed by atoms with van der Waals surface area (Å²) in [6, 6.07) is 12.3. The Hall–Kier alpha value is -0.860. The van der Waals surface area contributed by atoms with E-state index < -0.39 is 0 Å². The summed E-state index contributed by atoms with van der Waals surface area (Å²) in [7, 11) is 0. The van der Waals surface area contributed by atoms with Crippen molar-refractivity contribution < 1.29 is 0 Å². The molecule has 2 nitrogen and oxygen atoms in total. The smallest absolute Gasteiger partial charge is 0.0473 e. The molecule has 2 fully saturated rings. The van der Waals surface area contributed by atoms with Gasteiger partial charge in [-0.15, -0.1) is 0 Å². The van der Waals surface area contributed by atoms with Gasteiger partial charge in [-0.1, -0.05) is 57.0 Å². The van der Waals surface area contributed by atoms with E-state index in [4.69, 9.17) is 0 Å². The van der Waals surface area contributed by atoms with Crippen molar-refractivity contribution in [3.8, 4) is 0 Å². The van der Waals surface area contributed by atoms with E-state index in [0.29, 0.717) is 12.1 Å². The second kappa shape index (κ2) is 6.93. The van der Waals surface area contributed by atoms with E-state index in [0.717, 1.165) is 18.4 Å². The van der Waals surface area contributed by atoms with Crippen LogP contribution in [0.15, 0.2) is 30.3 Å². The van der Waals surface area contributed by atoms with Crippen LogP contribution in [0.4, 0.5) is 0 Å². The first-order valence-corrected chi connectivity index (χ1v) is 8.74. The number of rotatable bonds is 6. The highest BCUT2D eigenvalue weighted by atomic mass is 15.2. The molecule has 1 heterocycles. The van der Waals surface area contributed by atoms with Crippen LogP contribution in [-0.4, -0.2) is 30.6 Å². The van der Waals surface area contributed by atoms with Gasteiger partial charge in [0.05, 0.1) is 0 Å². The predicted octanol–water partition coefficient (Wildman–Crippen LogP) is 3.85. The molecule has 1 saturated carbocycles. The molecule has 0 amide bonds. The van der Waals surface area contributed by atoms with Gasteiger partial charge in [0, 0.05) is 25.2 Å². The number of hydrogen-bond donors (Lipinski definition) is 1. The van der Waals surface area contributed by atoms with Crippen LogP contribution in [0.3, 0.4) is 0 Å². The molecule has 0 aromatic heterocycles. The highest BCUT2D eigenvalue weighted by Crippen LogP contribution is 2.34. The van der Waals surface area contributed by atoms with Crippen LogP contribution >= 0.6 is 0 Å². The van der Waals surface area contributed by atoms with E-state index in [1.54, 1.807) is 0 Å². The molecule has 0 bridgehead atoms. The Kier molecular flexibility index (Phi) is 4.97. The first kappa shape index (κ1) is 15.1. The highest BCUT2D eigenvalue weighted by molar-refractivity contribution is 5.20. The summed E-state index contributed by atoms with van der Waals surface area (Å²) in [5.74, 6) is 1.81. The monoisotopic (exact) mass is 286 g/mol. The average molecular weight is 286 g/mol. The normalized spacial score (nSPS) is 27.2. The van der Waals surface area contributed by atoms with Gasteiger partial charge in [0.25, 0.3) is 0 Å². The van der Waals surface area contributed by atoms with E-state index in [-0.39, 0.29) is 0 Å². The zero-order valence-corrected chi connectivity index (χ0v) is 13.6. The quantitative estimate of drug-likeness (QED) is 0.854. The zero-order chi connectivity index (χ0) is 14.7. The average Bonchev–Trinajstić information content (AvgIpc) is 3.30. The molecule has 1 saturated heterocycles. The topological polar surface area (TPSA) is 15.3 Å². The Balaban J connectivity index is 1.65. The Bertz CT molecular complexity index is 424. The maximum absolute atomic E-state index is 3.79. The van der Waals surface area contributed by atoms with E-state index in [2.05, 4.69) is 54.4 Å². The number of nitrogens with zero attached hydrogens (tertiary/aromatic N) is 1. The molecular weight excluding hydrogens is 256 g/mol. The molecule has 2 unspecified atom stereocenters. The van der Waals surface area contributed by atoms with Crippen molar-refractivity contribution in [3.63, 3.8) is 0 Å². The minimum absolute atomic E-state index is 0.563. The molecule has 21 heavy (non-hydrogen) atoms. The van der Waals surface area contributed by atoms with Crippen molar-refractivity contribution in [1.82, 2.24) is 10.2 Å². The standard InChI is InChI=1S/C19H30N2/c1-15(2)12-18-14-21(11-10-16-8-9-16)19(13-20-18)17-6-4-3-5-7-17/h3-7,15-16,18-20H,8-14H2,1-2H3. The van der Waals surface area contributed by atoms with Gasteiger partial charge in [0.2, 0.25) is 0 Å². The third-order valence-corrected chi connectivity index (χ3v) is 4.96. The molecule has 1 aliphatic heterocycles. The SMILES string of the molecule is CC(C)CC1CN(CCC2CC2)C(c2ccccc2)CN1. The van der Waals surface area contributed by atoms with Gasteiger partial charge < -0.3 is 5.32 Å². The van der Waals surface area contributed by atoms with Crippen molar-refractivity contribution in [3.05, 3.63) is 35.9 Å². The summed E-state index contributed by atoms with van der Waals surface area (Å²) in [6.45, 7) is 8.26. The Morgan fingerprint density at radius 3 is 2.62 bits per heavy atom. The first-order valence-electron chi connectivity index (χ1n) is 8.74. The third-order valence-electron chi connectivity index (χ3n) is 4.96. The molecule has 1 aromatic rings. The molecular formula is C19H30N2. The molecule has 0 radical (unpaired) electrons. The summed E-state index contributed by atoms with van der Waals surface area (Å²) in [4.78, 5) is 2.75. The summed E-state index contributed by atoms with van der Waals surface area (Å²) >= 11 is 0. The predicted molar refractivity (Wildman–Crippen MR) is 89.3 cm³/mol. The van der Waals surface area contributed by atoms with Crippen LogP contribution < -0.4 is 5.32 Å². The van der Waals surface area contributed by atoms with Gasteiger partial charge >= 0.3 is 0 Å². The summed E-state index contributed by atoms with van der Waals surface area (Å²) in [5, 5.41) is 3.79. The van der Waals surface area contributed by atoms with Crippen LogP contribution in [0.5, 0.6) is 0 Å². The first-order chi connectivity index (χ1) is 10.2. The number of nitrogens with one attached hydrogen (secondary N) is 1. The van der Waals surface area contributed by atoms with E-state index >= 15 is 0 Å². The fourth-order valence-electron chi connectivity index (χ4n) is 3.62. The van der Waals surface area contributed by atoms with Gasteiger partial charge in [0.15, 0.2) is 0 Å². The molecule has 1 N–H and O–H groups in total. The fourth-order valence-corrected chi connectivity index (χ4v) is 3.62. The minimum Gasteiger partial charge on any atom is -0.311 e. The number of piperazine rings is 1. The molecule has 116 valence electrons. The minimum atomic E-state index is 0.563. The van der Waals surface area contributed by atoms with Gasteiger partial charge in [0.1, 0.15) is 0 Å². The summed E-state index contributed by atoms with van der Waals surface area (Å²) < 4.78 is 0. The maximum atomic E-state index is 3.79. The molecule has 1 aliphatic carbocycles. The van der Waals surface area contributed by atoms with Crippen LogP contribution in [0.2, 0.25) is 0 Å². The number of benzene rings is 1.